The van der Waals surface area contributed by atoms with Crippen LogP contribution in [0.1, 0.15) is 10.4 Å². The summed E-state index contributed by atoms with van der Waals surface area (Å²) in [6.45, 7) is 0.455. The third-order valence-corrected chi connectivity index (χ3v) is 2.26. The molecule has 0 fully saturated rings. The molecular weight excluding hydrogens is 233 g/mol. The molecule has 0 bridgehead atoms. The molecule has 1 amide bonds. The lowest BCUT2D eigenvalue weighted by Gasteiger charge is -2.03. The molecule has 0 atom stereocenters. The molecule has 0 aliphatic rings. The Kier molecular flexibility index (Phi) is 5.22. The van der Waals surface area contributed by atoms with E-state index in [1.165, 1.54) is 0 Å². The van der Waals surface area contributed by atoms with Crippen molar-refractivity contribution in [3.63, 3.8) is 0 Å². The van der Waals surface area contributed by atoms with Crippen molar-refractivity contribution in [3.05, 3.63) is 47.0 Å². The molecule has 1 aromatic carbocycles. The molecule has 0 radical (unpaired) electrons. The number of amides is 1. The summed E-state index contributed by atoms with van der Waals surface area (Å²) >= 11 is 11.3. The molecular formula is C11H11Cl2NO. The van der Waals surface area contributed by atoms with Crippen LogP contribution in [0.4, 0.5) is 0 Å². The second kappa shape index (κ2) is 6.49. The van der Waals surface area contributed by atoms with Gasteiger partial charge in [-0.25, -0.2) is 0 Å². The third kappa shape index (κ3) is 3.94. The highest BCUT2D eigenvalue weighted by molar-refractivity contribution is 6.33. The minimum Gasteiger partial charge on any atom is -0.349 e. The number of carbonyl (C=O) groups is 1. The first-order chi connectivity index (χ1) is 7.25. The molecule has 1 rings (SSSR count). The highest BCUT2D eigenvalue weighted by Gasteiger charge is 2.07. The van der Waals surface area contributed by atoms with E-state index < -0.39 is 0 Å². The highest BCUT2D eigenvalue weighted by Crippen LogP contribution is 2.14. The fourth-order valence-corrected chi connectivity index (χ4v) is 1.39. The van der Waals surface area contributed by atoms with Crippen molar-refractivity contribution in [1.82, 2.24) is 5.32 Å². The van der Waals surface area contributed by atoms with E-state index in [1.54, 1.807) is 36.4 Å². The van der Waals surface area contributed by atoms with Crippen molar-refractivity contribution in [1.29, 1.82) is 0 Å². The van der Waals surface area contributed by atoms with Gasteiger partial charge < -0.3 is 5.32 Å². The first-order valence-electron chi connectivity index (χ1n) is 4.49. The highest BCUT2D eigenvalue weighted by atomic mass is 35.5. The van der Waals surface area contributed by atoms with E-state index in [4.69, 9.17) is 23.2 Å². The van der Waals surface area contributed by atoms with Gasteiger partial charge in [0.25, 0.3) is 5.91 Å². The van der Waals surface area contributed by atoms with Crippen LogP contribution in [0.2, 0.25) is 5.02 Å². The topological polar surface area (TPSA) is 29.1 Å². The van der Waals surface area contributed by atoms with Crippen LogP contribution in [0, 0.1) is 0 Å². The summed E-state index contributed by atoms with van der Waals surface area (Å²) < 4.78 is 0. The Morgan fingerprint density at radius 2 is 2.07 bits per heavy atom. The predicted molar refractivity (Wildman–Crippen MR) is 63.6 cm³/mol. The summed E-state index contributed by atoms with van der Waals surface area (Å²) in [7, 11) is 0. The molecule has 0 spiro atoms. The minimum atomic E-state index is -0.181. The number of nitrogens with one attached hydrogen (secondary N) is 1. The van der Waals surface area contributed by atoms with Crippen LogP contribution in [0.15, 0.2) is 36.4 Å². The molecule has 0 aliphatic heterocycles. The van der Waals surface area contributed by atoms with E-state index in [9.17, 15) is 4.79 Å². The van der Waals surface area contributed by atoms with Crippen molar-refractivity contribution in [2.24, 2.45) is 0 Å². The average molecular weight is 244 g/mol. The Labute approximate surface area is 98.9 Å². The third-order valence-electron chi connectivity index (χ3n) is 1.75. The Morgan fingerprint density at radius 1 is 1.33 bits per heavy atom. The van der Waals surface area contributed by atoms with Crippen LogP contribution >= 0.6 is 23.2 Å². The number of allylic oxidation sites excluding steroid dienone is 1. The zero-order valence-electron chi connectivity index (χ0n) is 8.04. The van der Waals surface area contributed by atoms with Crippen LogP contribution < -0.4 is 5.32 Å². The van der Waals surface area contributed by atoms with E-state index in [1.807, 2.05) is 0 Å². The lowest BCUT2D eigenvalue weighted by atomic mass is 10.2. The molecule has 1 N–H and O–H groups in total. The lowest BCUT2D eigenvalue weighted by Crippen LogP contribution is -2.23. The van der Waals surface area contributed by atoms with Gasteiger partial charge in [-0.3, -0.25) is 4.79 Å². The van der Waals surface area contributed by atoms with Gasteiger partial charge in [-0.05, 0) is 12.1 Å². The Balaban J connectivity index is 2.54. The molecule has 4 heteroatoms. The van der Waals surface area contributed by atoms with Gasteiger partial charge in [0, 0.05) is 12.4 Å². The number of halogens is 2. The maximum atomic E-state index is 11.6. The quantitative estimate of drug-likeness (QED) is 0.640. The molecule has 0 saturated heterocycles. The zero-order chi connectivity index (χ0) is 11.1. The number of rotatable bonds is 4. The standard InChI is InChI=1S/C11H11Cl2NO/c12-7-3-4-8-14-11(15)9-5-1-2-6-10(9)13/h1-6H,7-8H2,(H,14,15)/b4-3+. The molecule has 80 valence electrons. The fourth-order valence-electron chi connectivity index (χ4n) is 1.04. The van der Waals surface area contributed by atoms with Crippen LogP contribution in [0.25, 0.3) is 0 Å². The second-order valence-corrected chi connectivity index (χ2v) is 3.53. The molecule has 0 saturated carbocycles. The summed E-state index contributed by atoms with van der Waals surface area (Å²) in [6, 6.07) is 6.93. The van der Waals surface area contributed by atoms with Crippen molar-refractivity contribution in [2.75, 3.05) is 12.4 Å². The summed E-state index contributed by atoms with van der Waals surface area (Å²) in [5.74, 6) is 0.266. The average Bonchev–Trinajstić information content (AvgIpc) is 2.25. The number of benzene rings is 1. The molecule has 2 nitrogen and oxygen atoms in total. The largest absolute Gasteiger partial charge is 0.349 e. The number of hydrogen-bond acceptors (Lipinski definition) is 1. The summed E-state index contributed by atoms with van der Waals surface area (Å²) in [5, 5.41) is 3.16. The van der Waals surface area contributed by atoms with E-state index in [0.29, 0.717) is 23.0 Å². The second-order valence-electron chi connectivity index (χ2n) is 2.82. The molecule has 15 heavy (non-hydrogen) atoms. The Bertz CT molecular complexity index is 363. The Morgan fingerprint density at radius 3 is 2.73 bits per heavy atom. The maximum absolute atomic E-state index is 11.6. The lowest BCUT2D eigenvalue weighted by molar-refractivity contribution is 0.0958. The van der Waals surface area contributed by atoms with Gasteiger partial charge in [-0.15, -0.1) is 11.6 Å². The molecule has 0 unspecified atom stereocenters. The summed E-state index contributed by atoms with van der Waals surface area (Å²) in [6.07, 6.45) is 3.57. The monoisotopic (exact) mass is 243 g/mol. The minimum absolute atomic E-state index is 0.181. The van der Waals surface area contributed by atoms with Gasteiger partial charge in [0.05, 0.1) is 10.6 Å². The zero-order valence-corrected chi connectivity index (χ0v) is 9.55. The van der Waals surface area contributed by atoms with Crippen molar-refractivity contribution in [2.45, 2.75) is 0 Å². The van der Waals surface area contributed by atoms with E-state index in [0.717, 1.165) is 0 Å². The van der Waals surface area contributed by atoms with Gasteiger partial charge >= 0.3 is 0 Å². The number of carbonyl (C=O) groups excluding carboxylic acids is 1. The molecule has 0 heterocycles. The normalized spacial score (nSPS) is 10.5. The fraction of sp³-hybridized carbons (Fsp3) is 0.182. The van der Waals surface area contributed by atoms with Crippen LogP contribution in [-0.2, 0) is 0 Å². The van der Waals surface area contributed by atoms with Crippen LogP contribution in [0.3, 0.4) is 0 Å². The molecule has 0 aromatic heterocycles. The maximum Gasteiger partial charge on any atom is 0.253 e. The SMILES string of the molecule is O=C(NC/C=C/CCl)c1ccccc1Cl. The molecule has 1 aromatic rings. The van der Waals surface area contributed by atoms with Gasteiger partial charge in [0.1, 0.15) is 0 Å². The van der Waals surface area contributed by atoms with E-state index in [-0.39, 0.29) is 5.91 Å². The first kappa shape index (κ1) is 12.1. The van der Waals surface area contributed by atoms with E-state index in [2.05, 4.69) is 5.32 Å². The van der Waals surface area contributed by atoms with Gasteiger partial charge in [0.15, 0.2) is 0 Å². The van der Waals surface area contributed by atoms with Gasteiger partial charge in [0.2, 0.25) is 0 Å². The van der Waals surface area contributed by atoms with E-state index >= 15 is 0 Å². The first-order valence-corrected chi connectivity index (χ1v) is 5.40. The number of alkyl halides is 1. The van der Waals surface area contributed by atoms with Crippen LogP contribution in [-0.4, -0.2) is 18.3 Å². The Hall–Kier alpha value is -0.990. The summed E-state index contributed by atoms with van der Waals surface area (Å²) in [4.78, 5) is 11.6. The van der Waals surface area contributed by atoms with Gasteiger partial charge in [-0.1, -0.05) is 35.9 Å². The van der Waals surface area contributed by atoms with Crippen molar-refractivity contribution >= 4 is 29.1 Å². The van der Waals surface area contributed by atoms with Crippen molar-refractivity contribution in [3.8, 4) is 0 Å². The molecule has 0 aliphatic carbocycles. The number of hydrogen-bond donors (Lipinski definition) is 1. The van der Waals surface area contributed by atoms with Crippen LogP contribution in [0.5, 0.6) is 0 Å². The van der Waals surface area contributed by atoms with Crippen molar-refractivity contribution < 1.29 is 4.79 Å². The summed E-state index contributed by atoms with van der Waals surface area (Å²) in [5.41, 5.74) is 0.485. The predicted octanol–water partition coefficient (Wildman–Crippen LogP) is 2.86. The van der Waals surface area contributed by atoms with Gasteiger partial charge in [-0.2, -0.15) is 0 Å². The smallest absolute Gasteiger partial charge is 0.253 e.